The van der Waals surface area contributed by atoms with Crippen molar-refractivity contribution in [1.82, 2.24) is 5.32 Å². The number of sulfone groups is 1. The summed E-state index contributed by atoms with van der Waals surface area (Å²) in [7, 11) is -3.05. The number of hydrogen-bond donors (Lipinski definition) is 1. The fourth-order valence-electron chi connectivity index (χ4n) is 1.03. The molecule has 1 heterocycles. The van der Waals surface area contributed by atoms with E-state index in [2.05, 4.69) is 5.32 Å². The Hall–Kier alpha value is -0.490. The van der Waals surface area contributed by atoms with Crippen LogP contribution in [-0.4, -0.2) is 30.7 Å². The largest absolute Gasteiger partial charge is 0.345 e. The molecule has 0 aromatic heterocycles. The van der Waals surface area contributed by atoms with E-state index in [9.17, 15) is 13.2 Å². The molecule has 0 fully saturated rings. The van der Waals surface area contributed by atoms with Gasteiger partial charge in [-0.25, -0.2) is 8.42 Å². The summed E-state index contributed by atoms with van der Waals surface area (Å²) in [6.45, 7) is 3.72. The van der Waals surface area contributed by atoms with Crippen molar-refractivity contribution >= 4 is 26.8 Å². The van der Waals surface area contributed by atoms with Crippen molar-refractivity contribution in [2.75, 3.05) is 5.75 Å². The number of hydrogen-bond acceptors (Lipinski definition) is 4. The molecule has 1 amide bonds. The lowest BCUT2D eigenvalue weighted by Gasteiger charge is -2.09. The summed E-state index contributed by atoms with van der Waals surface area (Å²) < 4.78 is 22.0. The van der Waals surface area contributed by atoms with Gasteiger partial charge in [0.2, 0.25) is 0 Å². The average molecular weight is 235 g/mol. The summed E-state index contributed by atoms with van der Waals surface area (Å²) in [6.07, 6.45) is 1.56. The minimum atomic E-state index is -3.05. The molecule has 0 aromatic carbocycles. The summed E-state index contributed by atoms with van der Waals surface area (Å²) in [5.41, 5.74) is 0. The topological polar surface area (TPSA) is 63.2 Å². The van der Waals surface area contributed by atoms with Gasteiger partial charge in [-0.3, -0.25) is 4.79 Å². The van der Waals surface area contributed by atoms with Gasteiger partial charge in [0.25, 0.3) is 5.24 Å². The molecule has 0 aliphatic carbocycles. The van der Waals surface area contributed by atoms with Gasteiger partial charge in [-0.2, -0.15) is 0 Å². The first-order valence-electron chi connectivity index (χ1n) is 4.27. The zero-order valence-electron chi connectivity index (χ0n) is 8.06. The van der Waals surface area contributed by atoms with Crippen LogP contribution in [0.4, 0.5) is 4.79 Å². The third kappa shape index (κ3) is 3.71. The second-order valence-electron chi connectivity index (χ2n) is 3.40. The van der Waals surface area contributed by atoms with E-state index in [0.717, 1.165) is 11.8 Å². The highest BCUT2D eigenvalue weighted by atomic mass is 32.2. The van der Waals surface area contributed by atoms with Crippen LogP contribution in [0, 0.1) is 0 Å². The van der Waals surface area contributed by atoms with Crippen molar-refractivity contribution in [2.24, 2.45) is 0 Å². The molecule has 80 valence electrons. The molecule has 1 unspecified atom stereocenters. The molecule has 0 aromatic rings. The lowest BCUT2D eigenvalue weighted by Crippen LogP contribution is -2.28. The second kappa shape index (κ2) is 4.35. The van der Waals surface area contributed by atoms with E-state index in [1.54, 1.807) is 6.08 Å². The highest BCUT2D eigenvalue weighted by Gasteiger charge is 2.24. The van der Waals surface area contributed by atoms with Gasteiger partial charge in [-0.15, -0.1) is 0 Å². The maximum atomic E-state index is 11.2. The Morgan fingerprint density at radius 3 is 2.64 bits per heavy atom. The van der Waals surface area contributed by atoms with Crippen LogP contribution in [0.25, 0.3) is 0 Å². The molecule has 1 N–H and O–H groups in total. The van der Waals surface area contributed by atoms with E-state index in [1.165, 1.54) is 5.41 Å². The molecule has 1 atom stereocenters. The average Bonchev–Trinajstić information content (AvgIpc) is 2.27. The van der Waals surface area contributed by atoms with Crippen LogP contribution in [0.15, 0.2) is 11.5 Å². The van der Waals surface area contributed by atoms with Gasteiger partial charge in [0.15, 0.2) is 9.84 Å². The highest BCUT2D eigenvalue weighted by Crippen LogP contribution is 2.21. The quantitative estimate of drug-likeness (QED) is 0.780. The van der Waals surface area contributed by atoms with Gasteiger partial charge in [0.1, 0.15) is 0 Å². The maximum absolute atomic E-state index is 11.2. The molecule has 0 radical (unpaired) electrons. The lowest BCUT2D eigenvalue weighted by atomic mass is 10.4. The SMILES string of the molecule is CC(C)NC(=O)SC1C=CS(=O)(=O)C1. The number of carbonyl (C=O) groups excluding carboxylic acids is 1. The van der Waals surface area contributed by atoms with Gasteiger partial charge < -0.3 is 5.32 Å². The third-order valence-corrected chi connectivity index (χ3v) is 4.13. The Morgan fingerprint density at radius 1 is 1.57 bits per heavy atom. The van der Waals surface area contributed by atoms with E-state index < -0.39 is 9.84 Å². The van der Waals surface area contributed by atoms with Gasteiger partial charge in [0, 0.05) is 16.7 Å². The van der Waals surface area contributed by atoms with Crippen LogP contribution in [0.5, 0.6) is 0 Å². The standard InChI is InChI=1S/C8H13NO3S2/c1-6(2)9-8(10)13-7-3-4-14(11,12)5-7/h3-4,6-7H,5H2,1-2H3,(H,9,10). The zero-order valence-corrected chi connectivity index (χ0v) is 9.69. The normalized spacial score (nSPS) is 24.1. The summed E-state index contributed by atoms with van der Waals surface area (Å²) in [4.78, 5) is 11.2. The molecule has 0 spiro atoms. The Morgan fingerprint density at radius 2 is 2.21 bits per heavy atom. The molecule has 1 aliphatic heterocycles. The van der Waals surface area contributed by atoms with Crippen LogP contribution in [0.1, 0.15) is 13.8 Å². The van der Waals surface area contributed by atoms with Crippen molar-refractivity contribution in [3.8, 4) is 0 Å². The Bertz CT molecular complexity index is 346. The molecule has 6 heteroatoms. The van der Waals surface area contributed by atoms with E-state index >= 15 is 0 Å². The smallest absolute Gasteiger partial charge is 0.279 e. The Kier molecular flexibility index (Phi) is 3.60. The van der Waals surface area contributed by atoms with Gasteiger partial charge >= 0.3 is 0 Å². The monoisotopic (exact) mass is 235 g/mol. The molecule has 14 heavy (non-hydrogen) atoms. The summed E-state index contributed by atoms with van der Waals surface area (Å²) >= 11 is 1.02. The predicted molar refractivity (Wildman–Crippen MR) is 58.0 cm³/mol. The van der Waals surface area contributed by atoms with Crippen LogP contribution in [0.2, 0.25) is 0 Å². The molecule has 1 aliphatic rings. The van der Waals surface area contributed by atoms with E-state index in [4.69, 9.17) is 0 Å². The number of thioether (sulfide) groups is 1. The molecular formula is C8H13NO3S2. The second-order valence-corrected chi connectivity index (χ2v) is 6.54. The number of nitrogens with one attached hydrogen (secondary N) is 1. The van der Waals surface area contributed by atoms with Gasteiger partial charge in [-0.1, -0.05) is 17.8 Å². The summed E-state index contributed by atoms with van der Waals surface area (Å²) in [6, 6.07) is 0.0805. The summed E-state index contributed by atoms with van der Waals surface area (Å²) in [5.74, 6) is 0.0309. The van der Waals surface area contributed by atoms with Crippen LogP contribution in [0.3, 0.4) is 0 Å². The van der Waals surface area contributed by atoms with Crippen molar-refractivity contribution in [3.63, 3.8) is 0 Å². The van der Waals surface area contributed by atoms with Crippen molar-refractivity contribution in [1.29, 1.82) is 0 Å². The van der Waals surface area contributed by atoms with Crippen molar-refractivity contribution in [2.45, 2.75) is 25.1 Å². The molecular weight excluding hydrogens is 222 g/mol. The predicted octanol–water partition coefficient (Wildman–Crippen LogP) is 1.15. The first-order chi connectivity index (χ1) is 6.39. The molecule has 0 bridgehead atoms. The van der Waals surface area contributed by atoms with Gasteiger partial charge in [0.05, 0.1) is 5.75 Å². The minimum absolute atomic E-state index is 0.0309. The number of carbonyl (C=O) groups is 1. The Labute approximate surface area is 88.1 Å². The lowest BCUT2D eigenvalue weighted by molar-refractivity contribution is 0.258. The Balaban J connectivity index is 2.41. The van der Waals surface area contributed by atoms with E-state index in [0.29, 0.717) is 0 Å². The number of amides is 1. The van der Waals surface area contributed by atoms with Crippen molar-refractivity contribution < 1.29 is 13.2 Å². The summed E-state index contributed by atoms with van der Waals surface area (Å²) in [5, 5.41) is 3.45. The van der Waals surface area contributed by atoms with Crippen LogP contribution < -0.4 is 5.32 Å². The minimum Gasteiger partial charge on any atom is -0.345 e. The maximum Gasteiger partial charge on any atom is 0.279 e. The zero-order chi connectivity index (χ0) is 10.8. The fourth-order valence-corrected chi connectivity index (χ4v) is 3.81. The molecule has 0 saturated heterocycles. The highest BCUT2D eigenvalue weighted by molar-refractivity contribution is 8.15. The van der Waals surface area contributed by atoms with Crippen molar-refractivity contribution in [3.05, 3.63) is 11.5 Å². The first kappa shape index (κ1) is 11.6. The van der Waals surface area contributed by atoms with E-state index in [-0.39, 0.29) is 22.3 Å². The molecule has 1 rings (SSSR count). The first-order valence-corrected chi connectivity index (χ1v) is 6.87. The fraction of sp³-hybridized carbons (Fsp3) is 0.625. The van der Waals surface area contributed by atoms with Gasteiger partial charge in [-0.05, 0) is 13.8 Å². The van der Waals surface area contributed by atoms with Crippen LogP contribution in [-0.2, 0) is 9.84 Å². The van der Waals surface area contributed by atoms with Crippen LogP contribution >= 0.6 is 11.8 Å². The molecule has 0 saturated carbocycles. The number of rotatable bonds is 2. The third-order valence-electron chi connectivity index (χ3n) is 1.56. The van der Waals surface area contributed by atoms with E-state index in [1.807, 2.05) is 13.8 Å². The molecule has 4 nitrogen and oxygen atoms in total.